The van der Waals surface area contributed by atoms with Crippen LogP contribution in [0.4, 0.5) is 15.8 Å². The van der Waals surface area contributed by atoms with Gasteiger partial charge >= 0.3 is 0 Å². The van der Waals surface area contributed by atoms with Crippen molar-refractivity contribution in [2.45, 2.75) is 25.5 Å². The Balaban J connectivity index is 2.39. The summed E-state index contributed by atoms with van der Waals surface area (Å²) in [4.78, 5) is 23.9. The molecule has 0 spiro atoms. The SMILES string of the molecule is CC1OCCC1N(C)C(=O)c1c(F)ccc([N+](=O)[O-])c1N. The molecule has 0 aliphatic carbocycles. The molecule has 1 aliphatic rings. The molecule has 8 heteroatoms. The zero-order chi connectivity index (χ0) is 15.7. The van der Waals surface area contributed by atoms with E-state index in [1.807, 2.05) is 6.92 Å². The average molecular weight is 297 g/mol. The van der Waals surface area contributed by atoms with Gasteiger partial charge in [0.15, 0.2) is 0 Å². The van der Waals surface area contributed by atoms with Crippen LogP contribution in [0.15, 0.2) is 12.1 Å². The molecule has 21 heavy (non-hydrogen) atoms. The summed E-state index contributed by atoms with van der Waals surface area (Å²) >= 11 is 0. The van der Waals surface area contributed by atoms with Crippen LogP contribution < -0.4 is 5.73 Å². The second-order valence-corrected chi connectivity index (χ2v) is 4.96. The van der Waals surface area contributed by atoms with Crippen molar-refractivity contribution < 1.29 is 18.8 Å². The Hall–Kier alpha value is -2.22. The number of nitro groups is 1. The van der Waals surface area contributed by atoms with Crippen LogP contribution in [0, 0.1) is 15.9 Å². The van der Waals surface area contributed by atoms with Gasteiger partial charge in [-0.15, -0.1) is 0 Å². The zero-order valence-electron chi connectivity index (χ0n) is 11.7. The Labute approximate surface area is 120 Å². The van der Waals surface area contributed by atoms with E-state index >= 15 is 0 Å². The zero-order valence-corrected chi connectivity index (χ0v) is 11.7. The summed E-state index contributed by atoms with van der Waals surface area (Å²) in [6.07, 6.45) is 0.446. The van der Waals surface area contributed by atoms with Gasteiger partial charge in [-0.05, 0) is 19.4 Å². The minimum absolute atomic E-state index is 0.179. The first-order valence-electron chi connectivity index (χ1n) is 6.45. The molecule has 1 saturated heterocycles. The fraction of sp³-hybridized carbons (Fsp3) is 0.462. The van der Waals surface area contributed by atoms with Gasteiger partial charge in [0.1, 0.15) is 17.1 Å². The maximum atomic E-state index is 13.9. The molecule has 0 aromatic heterocycles. The number of carbonyl (C=O) groups is 1. The normalized spacial score (nSPS) is 21.3. The van der Waals surface area contributed by atoms with Crippen LogP contribution in [0.5, 0.6) is 0 Å². The van der Waals surface area contributed by atoms with Gasteiger partial charge in [-0.25, -0.2) is 4.39 Å². The first-order valence-corrected chi connectivity index (χ1v) is 6.45. The highest BCUT2D eigenvalue weighted by Crippen LogP contribution is 2.29. The Kier molecular flexibility index (Phi) is 4.08. The molecule has 1 aromatic rings. The molecule has 0 radical (unpaired) electrons. The van der Waals surface area contributed by atoms with E-state index < -0.39 is 33.6 Å². The lowest BCUT2D eigenvalue weighted by Gasteiger charge is -2.27. The predicted molar refractivity (Wildman–Crippen MR) is 73.4 cm³/mol. The lowest BCUT2D eigenvalue weighted by molar-refractivity contribution is -0.384. The van der Waals surface area contributed by atoms with Crippen LogP contribution in [-0.4, -0.2) is 41.5 Å². The molecule has 1 fully saturated rings. The number of nitrogens with two attached hydrogens (primary N) is 1. The second kappa shape index (κ2) is 5.65. The Bertz CT molecular complexity index is 593. The van der Waals surface area contributed by atoms with Crippen LogP contribution >= 0.6 is 0 Å². The van der Waals surface area contributed by atoms with Gasteiger partial charge in [0.25, 0.3) is 11.6 Å². The lowest BCUT2D eigenvalue weighted by Crippen LogP contribution is -2.41. The van der Waals surface area contributed by atoms with Crippen molar-refractivity contribution in [2.75, 3.05) is 19.4 Å². The second-order valence-electron chi connectivity index (χ2n) is 4.96. The minimum Gasteiger partial charge on any atom is -0.392 e. The van der Waals surface area contributed by atoms with E-state index in [1.165, 1.54) is 11.9 Å². The number of carbonyl (C=O) groups excluding carboxylic acids is 1. The topological polar surface area (TPSA) is 98.7 Å². The Morgan fingerprint density at radius 3 is 2.76 bits per heavy atom. The number of rotatable bonds is 3. The van der Waals surface area contributed by atoms with E-state index in [-0.39, 0.29) is 12.1 Å². The van der Waals surface area contributed by atoms with Crippen LogP contribution in [0.2, 0.25) is 0 Å². The Morgan fingerprint density at radius 1 is 1.57 bits per heavy atom. The fourth-order valence-corrected chi connectivity index (χ4v) is 2.51. The average Bonchev–Trinajstić information content (AvgIpc) is 2.83. The number of nitrogens with zero attached hydrogens (tertiary/aromatic N) is 2. The summed E-state index contributed by atoms with van der Waals surface area (Å²) in [7, 11) is 1.51. The maximum absolute atomic E-state index is 13.9. The molecular formula is C13H16FN3O4. The van der Waals surface area contributed by atoms with Crippen molar-refractivity contribution in [1.29, 1.82) is 0 Å². The van der Waals surface area contributed by atoms with Gasteiger partial charge in [0, 0.05) is 19.7 Å². The van der Waals surface area contributed by atoms with Crippen LogP contribution in [0.1, 0.15) is 23.7 Å². The number of benzene rings is 1. The summed E-state index contributed by atoms with van der Waals surface area (Å²) in [5.74, 6) is -1.56. The molecule has 7 nitrogen and oxygen atoms in total. The van der Waals surface area contributed by atoms with Crippen LogP contribution in [0.3, 0.4) is 0 Å². The van der Waals surface area contributed by atoms with E-state index in [4.69, 9.17) is 10.5 Å². The largest absolute Gasteiger partial charge is 0.392 e. The monoisotopic (exact) mass is 297 g/mol. The Morgan fingerprint density at radius 2 is 2.24 bits per heavy atom. The van der Waals surface area contributed by atoms with Crippen molar-refractivity contribution in [2.24, 2.45) is 0 Å². The number of hydrogen-bond acceptors (Lipinski definition) is 5. The molecule has 2 atom stereocenters. The number of ether oxygens (including phenoxy) is 1. The van der Waals surface area contributed by atoms with Crippen molar-refractivity contribution >= 4 is 17.3 Å². The van der Waals surface area contributed by atoms with Gasteiger partial charge in [-0.2, -0.15) is 0 Å². The summed E-state index contributed by atoms with van der Waals surface area (Å²) in [5.41, 5.74) is 4.19. The number of hydrogen-bond donors (Lipinski definition) is 1. The van der Waals surface area contributed by atoms with Crippen molar-refractivity contribution in [3.05, 3.63) is 33.6 Å². The molecule has 1 aromatic carbocycles. The third-order valence-electron chi connectivity index (χ3n) is 3.74. The summed E-state index contributed by atoms with van der Waals surface area (Å²) in [5, 5.41) is 10.8. The highest BCUT2D eigenvalue weighted by atomic mass is 19.1. The quantitative estimate of drug-likeness (QED) is 0.518. The van der Waals surface area contributed by atoms with Crippen molar-refractivity contribution in [3.63, 3.8) is 0 Å². The molecule has 2 unspecified atom stereocenters. The number of halogens is 1. The van der Waals surface area contributed by atoms with E-state index in [2.05, 4.69) is 0 Å². The highest BCUT2D eigenvalue weighted by molar-refractivity contribution is 6.01. The first-order chi connectivity index (χ1) is 9.84. The van der Waals surface area contributed by atoms with E-state index in [1.54, 1.807) is 0 Å². The van der Waals surface area contributed by atoms with Crippen molar-refractivity contribution in [1.82, 2.24) is 4.90 Å². The molecule has 2 rings (SSSR count). The first kappa shape index (κ1) is 15.2. The molecular weight excluding hydrogens is 281 g/mol. The fourth-order valence-electron chi connectivity index (χ4n) is 2.51. The molecule has 1 heterocycles. The predicted octanol–water partition coefficient (Wildman–Crippen LogP) is 1.57. The number of anilines is 1. The lowest BCUT2D eigenvalue weighted by atomic mass is 10.1. The van der Waals surface area contributed by atoms with E-state index in [0.717, 1.165) is 12.1 Å². The molecule has 0 bridgehead atoms. The number of nitrogen functional groups attached to an aromatic ring is 1. The third kappa shape index (κ3) is 2.66. The van der Waals surface area contributed by atoms with Crippen LogP contribution in [-0.2, 0) is 4.74 Å². The maximum Gasteiger partial charge on any atom is 0.293 e. The number of amides is 1. The van der Waals surface area contributed by atoms with E-state index in [0.29, 0.717) is 13.0 Å². The van der Waals surface area contributed by atoms with Gasteiger partial charge in [0.05, 0.1) is 17.1 Å². The van der Waals surface area contributed by atoms with Gasteiger partial charge in [0.2, 0.25) is 0 Å². The van der Waals surface area contributed by atoms with Gasteiger partial charge in [-0.3, -0.25) is 14.9 Å². The highest BCUT2D eigenvalue weighted by Gasteiger charge is 2.34. The minimum atomic E-state index is -0.874. The number of likely N-dealkylation sites (N-methyl/N-ethyl adjacent to an activating group) is 1. The standard InChI is InChI=1S/C13H16FN3O4/c1-7-9(5-6-21-7)16(2)13(18)11-8(14)3-4-10(12(11)15)17(19)20/h3-4,7,9H,5-6,15H2,1-2H3. The molecule has 0 saturated carbocycles. The van der Waals surface area contributed by atoms with Crippen LogP contribution in [0.25, 0.3) is 0 Å². The van der Waals surface area contributed by atoms with Gasteiger partial charge < -0.3 is 15.4 Å². The smallest absolute Gasteiger partial charge is 0.293 e. The van der Waals surface area contributed by atoms with Crippen molar-refractivity contribution in [3.8, 4) is 0 Å². The molecule has 2 N–H and O–H groups in total. The third-order valence-corrected chi connectivity index (χ3v) is 3.74. The summed E-state index contributed by atoms with van der Waals surface area (Å²) < 4.78 is 19.3. The molecule has 114 valence electrons. The molecule has 1 amide bonds. The summed E-state index contributed by atoms with van der Waals surface area (Å²) in [6.45, 7) is 2.32. The van der Waals surface area contributed by atoms with E-state index in [9.17, 15) is 19.3 Å². The van der Waals surface area contributed by atoms with Gasteiger partial charge in [-0.1, -0.05) is 0 Å². The summed E-state index contributed by atoms with van der Waals surface area (Å²) in [6, 6.07) is 1.61. The number of nitro benzene ring substituents is 1. The molecule has 1 aliphatic heterocycles.